The third-order valence-electron chi connectivity index (χ3n) is 3.65. The van der Waals surface area contributed by atoms with Crippen molar-refractivity contribution in [2.24, 2.45) is 5.92 Å². The number of amides is 1. The van der Waals surface area contributed by atoms with Crippen molar-refractivity contribution in [1.29, 1.82) is 0 Å². The number of aliphatic carboxylic acids is 1. The number of benzene rings is 1. The molecule has 1 unspecified atom stereocenters. The molecule has 0 aromatic heterocycles. The second-order valence-corrected chi connectivity index (χ2v) is 5.61. The lowest BCUT2D eigenvalue weighted by Crippen LogP contribution is -2.54. The quantitative estimate of drug-likeness (QED) is 0.891. The molecular formula is C14H16ClNO3. The smallest absolute Gasteiger partial charge is 0.329 e. The highest BCUT2D eigenvalue weighted by atomic mass is 35.5. The molecule has 2 N–H and O–H groups in total. The van der Waals surface area contributed by atoms with Gasteiger partial charge in [-0.05, 0) is 50.3 Å². The van der Waals surface area contributed by atoms with Crippen LogP contribution < -0.4 is 5.32 Å². The number of carbonyl (C=O) groups is 2. The molecule has 1 aliphatic rings. The lowest BCUT2D eigenvalue weighted by molar-refractivity contribution is -0.144. The number of carboxylic acid groups (broad SMARTS) is 1. The summed E-state index contributed by atoms with van der Waals surface area (Å²) in [7, 11) is 0. The van der Waals surface area contributed by atoms with Crippen molar-refractivity contribution in [3.63, 3.8) is 0 Å². The summed E-state index contributed by atoms with van der Waals surface area (Å²) in [6, 6.07) is 4.94. The van der Waals surface area contributed by atoms with Gasteiger partial charge in [-0.25, -0.2) is 4.79 Å². The molecule has 0 aliphatic heterocycles. The van der Waals surface area contributed by atoms with E-state index in [1.165, 1.54) is 0 Å². The predicted octanol–water partition coefficient (Wildman–Crippen LogP) is 2.63. The van der Waals surface area contributed by atoms with Gasteiger partial charge in [0.25, 0.3) is 5.91 Å². The molecule has 4 nitrogen and oxygen atoms in total. The standard InChI is InChI=1S/C14H16ClNO3/c1-8-3-4-9(7-11(8)15)12(17)16-14(2,13(18)19)10-5-6-10/h3-4,7,10H,5-6H2,1-2H3,(H,16,17)(H,18,19). The Balaban J connectivity index is 2.20. The van der Waals surface area contributed by atoms with Crippen LogP contribution in [0.25, 0.3) is 0 Å². The van der Waals surface area contributed by atoms with Crippen LogP contribution in [0.3, 0.4) is 0 Å². The minimum Gasteiger partial charge on any atom is -0.480 e. The Morgan fingerprint density at radius 1 is 1.42 bits per heavy atom. The SMILES string of the molecule is Cc1ccc(C(=O)NC(C)(C(=O)O)C2CC2)cc1Cl. The molecule has 1 aromatic carbocycles. The second kappa shape index (κ2) is 4.85. The average Bonchev–Trinajstić information content (AvgIpc) is 3.16. The zero-order valence-electron chi connectivity index (χ0n) is 10.9. The Labute approximate surface area is 116 Å². The van der Waals surface area contributed by atoms with Crippen molar-refractivity contribution in [1.82, 2.24) is 5.32 Å². The molecule has 0 bridgehead atoms. The predicted molar refractivity (Wildman–Crippen MR) is 72.4 cm³/mol. The van der Waals surface area contributed by atoms with Crippen LogP contribution in [0.2, 0.25) is 5.02 Å². The molecule has 1 aromatic rings. The van der Waals surface area contributed by atoms with E-state index < -0.39 is 17.4 Å². The zero-order valence-corrected chi connectivity index (χ0v) is 11.6. The molecule has 0 saturated heterocycles. The Kier molecular flexibility index (Phi) is 3.54. The van der Waals surface area contributed by atoms with Crippen LogP contribution in [0.1, 0.15) is 35.7 Å². The van der Waals surface area contributed by atoms with Crippen LogP contribution >= 0.6 is 11.6 Å². The Bertz CT molecular complexity index is 539. The van der Waals surface area contributed by atoms with Gasteiger partial charge in [-0.15, -0.1) is 0 Å². The number of carbonyl (C=O) groups excluding carboxylic acids is 1. The van der Waals surface area contributed by atoms with Gasteiger partial charge in [-0.3, -0.25) is 4.79 Å². The van der Waals surface area contributed by atoms with Gasteiger partial charge < -0.3 is 10.4 Å². The van der Waals surface area contributed by atoms with Crippen LogP contribution in [-0.2, 0) is 4.79 Å². The van der Waals surface area contributed by atoms with Crippen LogP contribution in [-0.4, -0.2) is 22.5 Å². The lowest BCUT2D eigenvalue weighted by atomic mass is 9.95. The van der Waals surface area contributed by atoms with E-state index in [2.05, 4.69) is 5.32 Å². The number of halogens is 1. The molecule has 5 heteroatoms. The zero-order chi connectivity index (χ0) is 14.2. The fraction of sp³-hybridized carbons (Fsp3) is 0.429. The van der Waals surface area contributed by atoms with Crippen LogP contribution in [0.4, 0.5) is 0 Å². The number of rotatable bonds is 4. The number of carboxylic acids is 1. The van der Waals surface area contributed by atoms with Gasteiger partial charge >= 0.3 is 5.97 Å². The highest BCUT2D eigenvalue weighted by Gasteiger charge is 2.48. The molecule has 1 amide bonds. The molecule has 1 fully saturated rings. The summed E-state index contributed by atoms with van der Waals surface area (Å²) < 4.78 is 0. The summed E-state index contributed by atoms with van der Waals surface area (Å²) in [5, 5.41) is 12.4. The van der Waals surface area contributed by atoms with E-state index in [-0.39, 0.29) is 5.92 Å². The lowest BCUT2D eigenvalue weighted by Gasteiger charge is -2.26. The highest BCUT2D eigenvalue weighted by molar-refractivity contribution is 6.31. The summed E-state index contributed by atoms with van der Waals surface area (Å²) in [5.74, 6) is -1.39. The molecule has 1 atom stereocenters. The van der Waals surface area contributed by atoms with Crippen molar-refractivity contribution in [3.8, 4) is 0 Å². The summed E-state index contributed by atoms with van der Waals surface area (Å²) >= 11 is 5.97. The van der Waals surface area contributed by atoms with Crippen molar-refractivity contribution in [2.45, 2.75) is 32.2 Å². The van der Waals surface area contributed by atoms with E-state index in [0.717, 1.165) is 18.4 Å². The van der Waals surface area contributed by atoms with Crippen LogP contribution in [0.15, 0.2) is 18.2 Å². The molecule has 0 spiro atoms. The van der Waals surface area contributed by atoms with E-state index >= 15 is 0 Å². The van der Waals surface area contributed by atoms with Crippen molar-refractivity contribution in [2.75, 3.05) is 0 Å². The first-order valence-corrected chi connectivity index (χ1v) is 6.54. The molecular weight excluding hydrogens is 266 g/mol. The summed E-state index contributed by atoms with van der Waals surface area (Å²) in [6.45, 7) is 3.40. The number of hydrogen-bond donors (Lipinski definition) is 2. The maximum absolute atomic E-state index is 12.1. The maximum Gasteiger partial charge on any atom is 0.329 e. The van der Waals surface area contributed by atoms with E-state index in [1.807, 2.05) is 6.92 Å². The molecule has 2 rings (SSSR count). The van der Waals surface area contributed by atoms with Crippen LogP contribution in [0, 0.1) is 12.8 Å². The highest BCUT2D eigenvalue weighted by Crippen LogP contribution is 2.39. The number of aryl methyl sites for hydroxylation is 1. The molecule has 19 heavy (non-hydrogen) atoms. The van der Waals surface area contributed by atoms with Gasteiger partial charge in [-0.2, -0.15) is 0 Å². The maximum atomic E-state index is 12.1. The third-order valence-corrected chi connectivity index (χ3v) is 4.05. The first kappa shape index (κ1) is 13.9. The van der Waals surface area contributed by atoms with Gasteiger partial charge in [0.05, 0.1) is 0 Å². The fourth-order valence-electron chi connectivity index (χ4n) is 2.03. The summed E-state index contributed by atoms with van der Waals surface area (Å²) in [5.41, 5.74) is 0.0548. The molecule has 0 radical (unpaired) electrons. The largest absolute Gasteiger partial charge is 0.480 e. The molecule has 0 heterocycles. The van der Waals surface area contributed by atoms with Gasteiger partial charge in [0.2, 0.25) is 0 Å². The molecule has 102 valence electrons. The van der Waals surface area contributed by atoms with Gasteiger partial charge in [0.1, 0.15) is 5.54 Å². The third kappa shape index (κ3) is 2.73. The van der Waals surface area contributed by atoms with Crippen LogP contribution in [0.5, 0.6) is 0 Å². The Morgan fingerprint density at radius 3 is 2.53 bits per heavy atom. The fourth-order valence-corrected chi connectivity index (χ4v) is 2.21. The number of hydrogen-bond acceptors (Lipinski definition) is 2. The van der Waals surface area contributed by atoms with E-state index in [9.17, 15) is 14.7 Å². The van der Waals surface area contributed by atoms with Gasteiger partial charge in [0, 0.05) is 10.6 Å². The summed E-state index contributed by atoms with van der Waals surface area (Å²) in [6.07, 6.45) is 1.66. The van der Waals surface area contributed by atoms with Gasteiger partial charge in [-0.1, -0.05) is 17.7 Å². The minimum absolute atomic E-state index is 0.00914. The topological polar surface area (TPSA) is 66.4 Å². The molecule has 1 aliphatic carbocycles. The Morgan fingerprint density at radius 2 is 2.05 bits per heavy atom. The average molecular weight is 282 g/mol. The second-order valence-electron chi connectivity index (χ2n) is 5.20. The normalized spacial score (nSPS) is 17.6. The van der Waals surface area contributed by atoms with Crippen molar-refractivity contribution >= 4 is 23.5 Å². The number of nitrogens with one attached hydrogen (secondary N) is 1. The van der Waals surface area contributed by atoms with Crippen molar-refractivity contribution in [3.05, 3.63) is 34.3 Å². The Hall–Kier alpha value is -1.55. The monoisotopic (exact) mass is 281 g/mol. The van der Waals surface area contributed by atoms with E-state index in [1.54, 1.807) is 25.1 Å². The van der Waals surface area contributed by atoms with Gasteiger partial charge in [0.15, 0.2) is 0 Å². The molecule has 1 saturated carbocycles. The first-order chi connectivity index (χ1) is 8.84. The van der Waals surface area contributed by atoms with E-state index in [0.29, 0.717) is 10.6 Å². The minimum atomic E-state index is -1.20. The van der Waals surface area contributed by atoms with E-state index in [4.69, 9.17) is 11.6 Å². The van der Waals surface area contributed by atoms with Crippen molar-refractivity contribution < 1.29 is 14.7 Å². The summed E-state index contributed by atoms with van der Waals surface area (Å²) in [4.78, 5) is 23.5. The first-order valence-electron chi connectivity index (χ1n) is 6.16.